The van der Waals surface area contributed by atoms with Gasteiger partial charge < -0.3 is 61.2 Å². The van der Waals surface area contributed by atoms with E-state index in [1.165, 1.54) is 12.4 Å². The molecule has 0 aliphatic rings. The molecule has 0 atom stereocenters. The second-order valence-corrected chi connectivity index (χ2v) is 4.84. The molecule has 144 valence electrons. The molecule has 2 rings (SSSR count). The van der Waals surface area contributed by atoms with Crippen molar-refractivity contribution < 1.29 is 77.9 Å². The smallest absolute Gasteiger partial charge is 1.00 e. The molecule has 2 aromatic carbocycles. The molecule has 0 heterocycles. The number of phenolic OH excluding ortho intramolecular Hbond substituents is 2. The largest absolute Gasteiger partial charge is 3.00 e. The standard InChI is InChI=1S/C16H18N4O2.3BrH.Co/c17-16(18,20-10-13-6-2-4-8-15(13)22)11-19-9-12-5-1-3-7-14(12)21;;;;/h1-10,21-22H,11,17-18H2;3*1H;/q;;;;+3/p-3. The van der Waals surface area contributed by atoms with Gasteiger partial charge in [0.2, 0.25) is 0 Å². The molecule has 6 nitrogen and oxygen atoms in total. The van der Waals surface area contributed by atoms with E-state index in [1.807, 2.05) is 0 Å². The molecule has 0 amide bonds. The number of rotatable bonds is 5. The van der Waals surface area contributed by atoms with Gasteiger partial charge in [0.05, 0.1) is 6.54 Å². The van der Waals surface area contributed by atoms with Crippen LogP contribution in [0, 0.1) is 0 Å². The van der Waals surface area contributed by atoms with Gasteiger partial charge in [0.25, 0.3) is 0 Å². The Hall–Kier alpha value is -0.754. The van der Waals surface area contributed by atoms with Crippen LogP contribution in [-0.4, -0.2) is 35.0 Å². The van der Waals surface area contributed by atoms with Crippen LogP contribution in [0.25, 0.3) is 0 Å². The topological polar surface area (TPSA) is 117 Å². The molecular weight excluding hydrogens is 579 g/mol. The summed E-state index contributed by atoms with van der Waals surface area (Å²) in [6.07, 6.45) is 2.89. The average Bonchev–Trinajstić information content (AvgIpc) is 2.48. The van der Waals surface area contributed by atoms with Gasteiger partial charge in [-0.1, -0.05) is 24.3 Å². The molecule has 10 heteroatoms. The number of nitrogens with two attached hydrogens (primary N) is 2. The monoisotopic (exact) mass is 594 g/mol. The zero-order valence-electron chi connectivity index (χ0n) is 13.4. The van der Waals surface area contributed by atoms with Gasteiger partial charge in [-0.25, -0.2) is 0 Å². The number of aliphatic imine (C=N–C) groups is 2. The fraction of sp³-hybridized carbons (Fsp3) is 0.125. The van der Waals surface area contributed by atoms with Crippen molar-refractivity contribution >= 4 is 12.4 Å². The van der Waals surface area contributed by atoms with Crippen molar-refractivity contribution in [1.29, 1.82) is 0 Å². The van der Waals surface area contributed by atoms with E-state index >= 15 is 0 Å². The normalized spacial score (nSPS) is 10.4. The van der Waals surface area contributed by atoms with Gasteiger partial charge in [-0.15, -0.1) is 0 Å². The second kappa shape index (κ2) is 14.3. The summed E-state index contributed by atoms with van der Waals surface area (Å²) in [7, 11) is 0. The van der Waals surface area contributed by atoms with E-state index < -0.39 is 5.79 Å². The molecule has 2 aromatic rings. The minimum Gasteiger partial charge on any atom is -1.00 e. The molecular formula is C16H18Br3CoN4O2. The average molecular weight is 597 g/mol. The van der Waals surface area contributed by atoms with E-state index in [9.17, 15) is 10.2 Å². The fourth-order valence-electron chi connectivity index (χ4n) is 1.71. The molecule has 0 aromatic heterocycles. The van der Waals surface area contributed by atoms with Crippen LogP contribution in [-0.2, 0) is 16.8 Å². The van der Waals surface area contributed by atoms with Gasteiger partial charge in [0, 0.05) is 23.6 Å². The van der Waals surface area contributed by atoms with Crippen molar-refractivity contribution in [3.05, 3.63) is 59.7 Å². The molecule has 0 spiro atoms. The van der Waals surface area contributed by atoms with Crippen molar-refractivity contribution in [3.8, 4) is 11.5 Å². The van der Waals surface area contributed by atoms with Crippen LogP contribution in [0.4, 0.5) is 0 Å². The SMILES string of the molecule is NC(N)(CN=Cc1ccccc1O)N=Cc1ccccc1O.[Br-].[Br-].[Br-].[Co+3]. The van der Waals surface area contributed by atoms with Gasteiger partial charge in [0.15, 0.2) is 5.79 Å². The fourth-order valence-corrected chi connectivity index (χ4v) is 1.71. The van der Waals surface area contributed by atoms with Crippen LogP contribution in [0.3, 0.4) is 0 Å². The zero-order chi connectivity index (χ0) is 16.0. The van der Waals surface area contributed by atoms with Crippen molar-refractivity contribution in [1.82, 2.24) is 0 Å². The Kier molecular flexibility index (Phi) is 16.5. The molecule has 0 radical (unpaired) electrons. The summed E-state index contributed by atoms with van der Waals surface area (Å²) in [5.41, 5.74) is 12.8. The summed E-state index contributed by atoms with van der Waals surface area (Å²) >= 11 is 0. The maximum atomic E-state index is 9.63. The Balaban J connectivity index is -0.00000132. The van der Waals surface area contributed by atoms with Gasteiger partial charge >= 0.3 is 16.8 Å². The number of nitrogens with zero attached hydrogens (tertiary/aromatic N) is 2. The molecule has 0 bridgehead atoms. The first-order chi connectivity index (χ1) is 10.5. The molecule has 0 saturated heterocycles. The Morgan fingerprint density at radius 3 is 1.69 bits per heavy atom. The maximum absolute atomic E-state index is 9.63. The van der Waals surface area contributed by atoms with E-state index in [2.05, 4.69) is 9.98 Å². The van der Waals surface area contributed by atoms with Gasteiger partial charge in [-0.2, -0.15) is 0 Å². The van der Waals surface area contributed by atoms with Crippen LogP contribution in [0.15, 0.2) is 58.5 Å². The maximum Gasteiger partial charge on any atom is 3.00 e. The summed E-state index contributed by atoms with van der Waals surface area (Å²) in [6.45, 7) is 0.0332. The Bertz CT molecular complexity index is 715. The summed E-state index contributed by atoms with van der Waals surface area (Å²) in [5.74, 6) is -1.17. The number of phenols is 2. The van der Waals surface area contributed by atoms with Crippen LogP contribution in [0.5, 0.6) is 11.5 Å². The van der Waals surface area contributed by atoms with Crippen molar-refractivity contribution in [2.24, 2.45) is 21.5 Å². The summed E-state index contributed by atoms with van der Waals surface area (Å²) in [4.78, 5) is 8.13. The third kappa shape index (κ3) is 9.81. The minimum atomic E-state index is -1.40. The first-order valence-corrected chi connectivity index (χ1v) is 6.67. The molecule has 0 aliphatic carbocycles. The van der Waals surface area contributed by atoms with Crippen LogP contribution >= 0.6 is 0 Å². The summed E-state index contributed by atoms with van der Waals surface area (Å²) in [5, 5.41) is 19.2. The zero-order valence-corrected chi connectivity index (χ0v) is 19.2. The van der Waals surface area contributed by atoms with Crippen LogP contribution in [0.1, 0.15) is 11.1 Å². The predicted octanol–water partition coefficient (Wildman–Crippen LogP) is -7.78. The number of hydrogen-bond acceptors (Lipinski definition) is 6. The third-order valence-corrected chi connectivity index (χ3v) is 2.89. The first-order valence-electron chi connectivity index (χ1n) is 6.67. The Morgan fingerprint density at radius 1 is 0.808 bits per heavy atom. The number of benzene rings is 2. The van der Waals surface area contributed by atoms with E-state index in [0.29, 0.717) is 11.1 Å². The van der Waals surface area contributed by atoms with E-state index in [-0.39, 0.29) is 85.8 Å². The third-order valence-electron chi connectivity index (χ3n) is 2.89. The Morgan fingerprint density at radius 2 is 1.23 bits per heavy atom. The summed E-state index contributed by atoms with van der Waals surface area (Å²) < 4.78 is 0. The van der Waals surface area contributed by atoms with E-state index in [4.69, 9.17) is 11.5 Å². The van der Waals surface area contributed by atoms with E-state index in [0.717, 1.165) is 0 Å². The van der Waals surface area contributed by atoms with Crippen molar-refractivity contribution in [2.75, 3.05) is 6.54 Å². The van der Waals surface area contributed by atoms with Gasteiger partial charge in [-0.05, 0) is 24.3 Å². The molecule has 0 saturated carbocycles. The molecule has 6 N–H and O–H groups in total. The van der Waals surface area contributed by atoms with Gasteiger partial charge in [-0.3, -0.25) is 21.5 Å². The van der Waals surface area contributed by atoms with Gasteiger partial charge in [0.1, 0.15) is 11.5 Å². The van der Waals surface area contributed by atoms with Crippen molar-refractivity contribution in [3.63, 3.8) is 0 Å². The van der Waals surface area contributed by atoms with Crippen molar-refractivity contribution in [2.45, 2.75) is 5.79 Å². The number of aromatic hydroxyl groups is 2. The molecule has 0 fully saturated rings. The molecule has 0 unspecified atom stereocenters. The number of halogens is 3. The second-order valence-electron chi connectivity index (χ2n) is 4.84. The van der Waals surface area contributed by atoms with Crippen LogP contribution in [0.2, 0.25) is 0 Å². The van der Waals surface area contributed by atoms with Crippen LogP contribution < -0.4 is 62.4 Å². The number of para-hydroxylation sites is 2. The minimum absolute atomic E-state index is 0. The Labute approximate surface area is 194 Å². The molecule has 26 heavy (non-hydrogen) atoms. The first kappa shape index (κ1) is 30.0. The number of hydrogen-bond donors (Lipinski definition) is 4. The summed E-state index contributed by atoms with van der Waals surface area (Å²) in [6, 6.07) is 13.5. The van der Waals surface area contributed by atoms with E-state index in [1.54, 1.807) is 48.5 Å². The molecule has 0 aliphatic heterocycles. The quantitative estimate of drug-likeness (QED) is 0.203. The predicted molar refractivity (Wildman–Crippen MR) is 87.4 cm³/mol.